The van der Waals surface area contributed by atoms with Crippen LogP contribution in [0.5, 0.6) is 0 Å². The van der Waals surface area contributed by atoms with E-state index in [0.29, 0.717) is 11.8 Å². The van der Waals surface area contributed by atoms with Crippen LogP contribution >= 0.6 is 0 Å². The van der Waals surface area contributed by atoms with E-state index < -0.39 is 0 Å². The Morgan fingerprint density at radius 3 is 1.55 bits per heavy atom. The minimum Gasteiger partial charge on any atom is -0.0646 e. The zero-order valence-corrected chi connectivity index (χ0v) is 25.7. The summed E-state index contributed by atoms with van der Waals surface area (Å²) in [6.45, 7) is 18.9. The van der Waals surface area contributed by atoms with Crippen molar-refractivity contribution in [1.82, 2.24) is 0 Å². The molecule has 0 saturated heterocycles. The Kier molecular flexibility index (Phi) is 5.45. The molecule has 2 atom stereocenters. The normalized spacial score (nSPS) is 22.5. The number of benzene rings is 4. The number of fused-ring (bicyclic) bond motifs is 5. The monoisotopic (exact) mass is 524 g/mol. The highest BCUT2D eigenvalue weighted by Gasteiger charge is 2.48. The standard InChI is InChI=1S/C40H44/c1-9-39(7,8)29-15-17-33-32-16-14-28(38(4,5)6)22-36(32)40(37(33)23-29,30-12-10-26-18-24(2)34(26)20-30)31-13-11-27-19-25(3)35(27)21-31/h10-17,20-25H,9,18-19H2,1-8H3. The second-order valence-electron chi connectivity index (χ2n) is 14.8. The Bertz CT molecular complexity index is 1610. The van der Waals surface area contributed by atoms with Crippen LogP contribution < -0.4 is 0 Å². The molecule has 40 heavy (non-hydrogen) atoms. The molecule has 0 heterocycles. The van der Waals surface area contributed by atoms with Crippen LogP contribution in [0.1, 0.15) is 129 Å². The largest absolute Gasteiger partial charge is 0.0713 e. The summed E-state index contributed by atoms with van der Waals surface area (Å²) in [5, 5.41) is 0. The molecular formula is C40H44. The first kappa shape index (κ1) is 25.8. The fraction of sp³-hybridized carbons (Fsp3) is 0.400. The molecule has 7 rings (SSSR count). The van der Waals surface area contributed by atoms with Crippen molar-refractivity contribution in [2.45, 2.75) is 103 Å². The van der Waals surface area contributed by atoms with E-state index in [0.717, 1.165) is 6.42 Å². The van der Waals surface area contributed by atoms with Gasteiger partial charge in [0.15, 0.2) is 0 Å². The van der Waals surface area contributed by atoms with Gasteiger partial charge in [-0.05, 0) is 109 Å². The van der Waals surface area contributed by atoms with Gasteiger partial charge in [-0.2, -0.15) is 0 Å². The van der Waals surface area contributed by atoms with Gasteiger partial charge in [-0.3, -0.25) is 0 Å². The average Bonchev–Trinajstić information content (AvgIpc) is 3.21. The third-order valence-electron chi connectivity index (χ3n) is 10.9. The Morgan fingerprint density at radius 1 is 0.625 bits per heavy atom. The first-order chi connectivity index (χ1) is 18.9. The molecule has 0 fully saturated rings. The van der Waals surface area contributed by atoms with Crippen LogP contribution in [0.25, 0.3) is 11.1 Å². The minimum atomic E-state index is -0.333. The first-order valence-electron chi connectivity index (χ1n) is 15.5. The number of hydrogen-bond donors (Lipinski definition) is 0. The van der Waals surface area contributed by atoms with Crippen LogP contribution in [0.15, 0.2) is 72.8 Å². The van der Waals surface area contributed by atoms with Crippen molar-refractivity contribution < 1.29 is 0 Å². The average molecular weight is 525 g/mol. The predicted molar refractivity (Wildman–Crippen MR) is 170 cm³/mol. The molecule has 0 amide bonds. The molecule has 0 heteroatoms. The fourth-order valence-corrected chi connectivity index (χ4v) is 7.77. The zero-order valence-electron chi connectivity index (χ0n) is 25.7. The quantitative estimate of drug-likeness (QED) is 0.219. The van der Waals surface area contributed by atoms with Crippen molar-refractivity contribution >= 4 is 0 Å². The highest BCUT2D eigenvalue weighted by molar-refractivity contribution is 5.87. The Balaban J connectivity index is 1.62. The van der Waals surface area contributed by atoms with Crippen LogP contribution in [-0.2, 0) is 29.1 Å². The van der Waals surface area contributed by atoms with Gasteiger partial charge in [-0.15, -0.1) is 0 Å². The molecular weight excluding hydrogens is 480 g/mol. The summed E-state index contributed by atoms with van der Waals surface area (Å²) in [5.74, 6) is 1.27. The molecule has 3 aliphatic carbocycles. The lowest BCUT2D eigenvalue weighted by Gasteiger charge is -2.39. The SMILES string of the molecule is CCC(C)(C)c1ccc2c(c1)C(c1ccc3c(c1)C(C)C3)(c1ccc3c(c1)C(C)C3)c1cc(C(C)(C)C)ccc1-2. The molecule has 0 aromatic heterocycles. The molecule has 0 bridgehead atoms. The first-order valence-corrected chi connectivity index (χ1v) is 15.5. The number of rotatable bonds is 4. The molecule has 0 N–H and O–H groups in total. The zero-order chi connectivity index (χ0) is 28.2. The summed E-state index contributed by atoms with van der Waals surface area (Å²) in [6.07, 6.45) is 3.52. The van der Waals surface area contributed by atoms with Gasteiger partial charge in [0.05, 0.1) is 5.41 Å². The second-order valence-corrected chi connectivity index (χ2v) is 14.8. The van der Waals surface area contributed by atoms with Crippen LogP contribution in [0.4, 0.5) is 0 Å². The summed E-state index contributed by atoms with van der Waals surface area (Å²) >= 11 is 0. The summed E-state index contributed by atoms with van der Waals surface area (Å²) in [5.41, 5.74) is 17.4. The van der Waals surface area contributed by atoms with Crippen LogP contribution in [0, 0.1) is 0 Å². The maximum absolute atomic E-state index is 2.58. The summed E-state index contributed by atoms with van der Waals surface area (Å²) in [4.78, 5) is 0. The van der Waals surface area contributed by atoms with Crippen molar-refractivity contribution in [2.24, 2.45) is 0 Å². The minimum absolute atomic E-state index is 0.0782. The van der Waals surface area contributed by atoms with Gasteiger partial charge in [0.1, 0.15) is 0 Å². The Morgan fingerprint density at radius 2 is 1.10 bits per heavy atom. The van der Waals surface area contributed by atoms with Gasteiger partial charge in [0, 0.05) is 0 Å². The van der Waals surface area contributed by atoms with Gasteiger partial charge in [-0.25, -0.2) is 0 Å². The molecule has 0 spiro atoms. The van der Waals surface area contributed by atoms with Gasteiger partial charge in [0.2, 0.25) is 0 Å². The van der Waals surface area contributed by atoms with E-state index in [-0.39, 0.29) is 16.2 Å². The third kappa shape index (κ3) is 3.44. The summed E-state index contributed by atoms with van der Waals surface area (Å²) in [6, 6.07) is 29.7. The van der Waals surface area contributed by atoms with E-state index in [1.165, 1.54) is 68.5 Å². The molecule has 0 radical (unpaired) electrons. The van der Waals surface area contributed by atoms with E-state index in [4.69, 9.17) is 0 Å². The maximum atomic E-state index is 2.58. The Labute approximate surface area is 241 Å². The highest BCUT2D eigenvalue weighted by atomic mass is 14.5. The molecule has 3 aliphatic rings. The van der Waals surface area contributed by atoms with Crippen molar-refractivity contribution in [1.29, 1.82) is 0 Å². The third-order valence-corrected chi connectivity index (χ3v) is 10.9. The molecule has 0 saturated carbocycles. The molecule has 204 valence electrons. The van der Waals surface area contributed by atoms with Crippen molar-refractivity contribution in [3.63, 3.8) is 0 Å². The van der Waals surface area contributed by atoms with E-state index >= 15 is 0 Å². The van der Waals surface area contributed by atoms with E-state index in [1.807, 2.05) is 0 Å². The Hall–Kier alpha value is -3.12. The van der Waals surface area contributed by atoms with Crippen LogP contribution in [0.3, 0.4) is 0 Å². The highest BCUT2D eigenvalue weighted by Crippen LogP contribution is 2.59. The van der Waals surface area contributed by atoms with E-state index in [9.17, 15) is 0 Å². The molecule has 4 aromatic carbocycles. The molecule has 2 unspecified atom stereocenters. The predicted octanol–water partition coefficient (Wildman–Crippen LogP) is 10.4. The smallest absolute Gasteiger partial charge is 0.0646 e. The topological polar surface area (TPSA) is 0 Å². The van der Waals surface area contributed by atoms with E-state index in [2.05, 4.69) is 128 Å². The molecule has 0 nitrogen and oxygen atoms in total. The van der Waals surface area contributed by atoms with Crippen LogP contribution in [0.2, 0.25) is 0 Å². The van der Waals surface area contributed by atoms with Gasteiger partial charge >= 0.3 is 0 Å². The van der Waals surface area contributed by atoms with Gasteiger partial charge < -0.3 is 0 Å². The summed E-state index contributed by atoms with van der Waals surface area (Å²) < 4.78 is 0. The maximum Gasteiger partial charge on any atom is 0.0713 e. The van der Waals surface area contributed by atoms with Gasteiger partial charge in [0.25, 0.3) is 0 Å². The van der Waals surface area contributed by atoms with Crippen molar-refractivity contribution in [2.75, 3.05) is 0 Å². The second kappa shape index (κ2) is 8.45. The lowest BCUT2D eigenvalue weighted by molar-refractivity contribution is 0.505. The molecule has 0 aliphatic heterocycles. The van der Waals surface area contributed by atoms with E-state index in [1.54, 1.807) is 11.1 Å². The number of hydrogen-bond acceptors (Lipinski definition) is 0. The van der Waals surface area contributed by atoms with Gasteiger partial charge in [-0.1, -0.05) is 128 Å². The van der Waals surface area contributed by atoms with Crippen molar-refractivity contribution in [3.8, 4) is 11.1 Å². The fourth-order valence-electron chi connectivity index (χ4n) is 7.77. The van der Waals surface area contributed by atoms with Crippen molar-refractivity contribution in [3.05, 3.63) is 128 Å². The molecule has 4 aromatic rings. The lowest BCUT2D eigenvalue weighted by atomic mass is 9.63. The lowest BCUT2D eigenvalue weighted by Crippen LogP contribution is -2.32. The van der Waals surface area contributed by atoms with Crippen LogP contribution in [-0.4, -0.2) is 0 Å². The summed E-state index contributed by atoms with van der Waals surface area (Å²) in [7, 11) is 0.